The Morgan fingerprint density at radius 1 is 1.53 bits per heavy atom. The van der Waals surface area contributed by atoms with Gasteiger partial charge in [0.25, 0.3) is 0 Å². The predicted molar refractivity (Wildman–Crippen MR) is 77.8 cm³/mol. The van der Waals surface area contributed by atoms with Crippen molar-refractivity contribution < 1.29 is 4.79 Å². The maximum atomic E-state index is 11.9. The quantitative estimate of drug-likeness (QED) is 0.764. The third-order valence-corrected chi connectivity index (χ3v) is 5.13. The van der Waals surface area contributed by atoms with Gasteiger partial charge in [0.2, 0.25) is 5.91 Å². The van der Waals surface area contributed by atoms with Crippen LogP contribution < -0.4 is 11.1 Å². The van der Waals surface area contributed by atoms with E-state index >= 15 is 0 Å². The van der Waals surface area contributed by atoms with Crippen LogP contribution >= 0.6 is 0 Å². The fraction of sp³-hybridized carbons (Fsp3) is 0.933. The number of carbonyl (C=O) groups excluding carboxylic acids is 1. The first-order chi connectivity index (χ1) is 8.98. The number of hydrogen-bond donors (Lipinski definition) is 2. The molecule has 0 radical (unpaired) electrons. The van der Waals surface area contributed by atoms with Crippen molar-refractivity contribution in [2.24, 2.45) is 17.6 Å². The van der Waals surface area contributed by atoms with E-state index in [1.54, 1.807) is 0 Å². The van der Waals surface area contributed by atoms with Crippen molar-refractivity contribution in [2.45, 2.75) is 57.5 Å². The topological polar surface area (TPSA) is 58.4 Å². The number of rotatable bonds is 6. The third-order valence-electron chi connectivity index (χ3n) is 5.13. The Hall–Kier alpha value is -0.610. The van der Waals surface area contributed by atoms with Crippen molar-refractivity contribution >= 4 is 5.91 Å². The first-order valence-corrected chi connectivity index (χ1v) is 7.73. The Kier molecular flexibility index (Phi) is 4.51. The zero-order chi connectivity index (χ0) is 14.0. The number of nitrogens with two attached hydrogens (primary N) is 1. The minimum absolute atomic E-state index is 0.174. The molecule has 4 heteroatoms. The summed E-state index contributed by atoms with van der Waals surface area (Å²) in [4.78, 5) is 14.3. The number of carbonyl (C=O) groups is 1. The van der Waals surface area contributed by atoms with Crippen LogP contribution in [0.4, 0.5) is 0 Å². The van der Waals surface area contributed by atoms with Crippen molar-refractivity contribution in [1.29, 1.82) is 0 Å². The van der Waals surface area contributed by atoms with Gasteiger partial charge >= 0.3 is 0 Å². The Bertz CT molecular complexity index is 329. The number of primary amides is 1. The summed E-state index contributed by atoms with van der Waals surface area (Å²) < 4.78 is 0. The van der Waals surface area contributed by atoms with Crippen LogP contribution in [-0.2, 0) is 4.79 Å². The smallest absolute Gasteiger partial charge is 0.237 e. The molecule has 3 N–H and O–H groups in total. The molecule has 2 aliphatic rings. The molecule has 2 aliphatic carbocycles. The van der Waals surface area contributed by atoms with E-state index in [4.69, 9.17) is 5.73 Å². The van der Waals surface area contributed by atoms with Gasteiger partial charge in [0, 0.05) is 12.6 Å². The standard InChI is InChI=1S/C15H29N3O/c1-4-17-15(14(16)19)7-5-6-13(9-15)18(3)10-12-8-11(12)2/h11-13,17H,4-10H2,1-3H3,(H2,16,19). The Morgan fingerprint density at radius 2 is 2.21 bits per heavy atom. The average molecular weight is 267 g/mol. The summed E-state index contributed by atoms with van der Waals surface area (Å²) in [7, 11) is 2.21. The summed E-state index contributed by atoms with van der Waals surface area (Å²) in [6, 6.07) is 0.494. The van der Waals surface area contributed by atoms with E-state index < -0.39 is 5.54 Å². The van der Waals surface area contributed by atoms with Gasteiger partial charge in [0.05, 0.1) is 5.54 Å². The summed E-state index contributed by atoms with van der Waals surface area (Å²) >= 11 is 0. The molecule has 4 atom stereocenters. The zero-order valence-corrected chi connectivity index (χ0v) is 12.6. The molecule has 0 spiro atoms. The van der Waals surface area contributed by atoms with Crippen LogP contribution in [0.15, 0.2) is 0 Å². The highest BCUT2D eigenvalue weighted by Gasteiger charge is 2.43. The fourth-order valence-corrected chi connectivity index (χ4v) is 3.60. The van der Waals surface area contributed by atoms with E-state index in [0.29, 0.717) is 6.04 Å². The molecule has 110 valence electrons. The summed E-state index contributed by atoms with van der Waals surface area (Å²) in [5, 5.41) is 3.36. The van der Waals surface area contributed by atoms with Crippen molar-refractivity contribution in [1.82, 2.24) is 10.2 Å². The molecule has 0 aromatic heterocycles. The second-order valence-electron chi connectivity index (χ2n) is 6.64. The fourth-order valence-electron chi connectivity index (χ4n) is 3.60. The van der Waals surface area contributed by atoms with Crippen LogP contribution in [0.25, 0.3) is 0 Å². The van der Waals surface area contributed by atoms with Gasteiger partial charge in [-0.1, -0.05) is 13.8 Å². The lowest BCUT2D eigenvalue weighted by Crippen LogP contribution is -2.60. The highest BCUT2D eigenvalue weighted by molar-refractivity contribution is 5.84. The molecule has 1 amide bonds. The lowest BCUT2D eigenvalue weighted by molar-refractivity contribution is -0.126. The van der Waals surface area contributed by atoms with Crippen molar-refractivity contribution in [2.75, 3.05) is 20.1 Å². The van der Waals surface area contributed by atoms with Crippen LogP contribution in [0.3, 0.4) is 0 Å². The van der Waals surface area contributed by atoms with E-state index in [0.717, 1.165) is 37.6 Å². The van der Waals surface area contributed by atoms with Crippen LogP contribution in [0.2, 0.25) is 0 Å². The van der Waals surface area contributed by atoms with E-state index in [2.05, 4.69) is 24.2 Å². The maximum Gasteiger partial charge on any atom is 0.237 e. The molecule has 19 heavy (non-hydrogen) atoms. The van der Waals surface area contributed by atoms with Gasteiger partial charge in [0.15, 0.2) is 0 Å². The second kappa shape index (κ2) is 5.80. The molecular formula is C15H29N3O. The van der Waals surface area contributed by atoms with Crippen LogP contribution in [0, 0.1) is 11.8 Å². The number of likely N-dealkylation sites (N-methyl/N-ethyl adjacent to an activating group) is 1. The minimum atomic E-state index is -0.471. The van der Waals surface area contributed by atoms with Gasteiger partial charge in [-0.05, 0) is 57.5 Å². The van der Waals surface area contributed by atoms with Crippen molar-refractivity contribution in [3.63, 3.8) is 0 Å². The molecule has 2 saturated carbocycles. The number of nitrogens with zero attached hydrogens (tertiary/aromatic N) is 1. The maximum absolute atomic E-state index is 11.9. The van der Waals surface area contributed by atoms with E-state index in [1.165, 1.54) is 19.4 Å². The molecule has 0 aromatic rings. The minimum Gasteiger partial charge on any atom is -0.368 e. The Balaban J connectivity index is 1.96. The molecule has 0 aromatic carbocycles. The lowest BCUT2D eigenvalue weighted by atomic mass is 9.77. The van der Waals surface area contributed by atoms with E-state index in [-0.39, 0.29) is 5.91 Å². The van der Waals surface area contributed by atoms with Gasteiger partial charge in [0.1, 0.15) is 0 Å². The van der Waals surface area contributed by atoms with Crippen molar-refractivity contribution in [3.05, 3.63) is 0 Å². The second-order valence-corrected chi connectivity index (χ2v) is 6.64. The third kappa shape index (κ3) is 3.29. The molecule has 0 aliphatic heterocycles. The predicted octanol–water partition coefficient (Wildman–Crippen LogP) is 1.35. The van der Waals surface area contributed by atoms with Gasteiger partial charge in [-0.25, -0.2) is 0 Å². The highest BCUT2D eigenvalue weighted by atomic mass is 16.1. The normalized spacial score (nSPS) is 38.4. The van der Waals surface area contributed by atoms with Gasteiger partial charge < -0.3 is 16.0 Å². The molecule has 0 heterocycles. The first-order valence-electron chi connectivity index (χ1n) is 7.73. The molecule has 4 unspecified atom stereocenters. The number of hydrogen-bond acceptors (Lipinski definition) is 3. The largest absolute Gasteiger partial charge is 0.368 e. The molecule has 2 fully saturated rings. The first kappa shape index (κ1) is 14.8. The molecule has 4 nitrogen and oxygen atoms in total. The number of amides is 1. The molecular weight excluding hydrogens is 238 g/mol. The van der Waals surface area contributed by atoms with E-state index in [1.807, 2.05) is 6.92 Å². The van der Waals surface area contributed by atoms with Gasteiger partial charge in [-0.2, -0.15) is 0 Å². The van der Waals surface area contributed by atoms with Crippen molar-refractivity contribution in [3.8, 4) is 0 Å². The molecule has 2 rings (SSSR count). The van der Waals surface area contributed by atoms with Gasteiger partial charge in [-0.3, -0.25) is 4.79 Å². The lowest BCUT2D eigenvalue weighted by Gasteiger charge is -2.42. The summed E-state index contributed by atoms with van der Waals surface area (Å²) in [5.74, 6) is 1.59. The van der Waals surface area contributed by atoms with Crippen LogP contribution in [0.1, 0.15) is 46.0 Å². The number of nitrogens with one attached hydrogen (secondary N) is 1. The van der Waals surface area contributed by atoms with E-state index in [9.17, 15) is 4.79 Å². The van der Waals surface area contributed by atoms with Crippen LogP contribution in [0.5, 0.6) is 0 Å². The molecule has 0 bridgehead atoms. The Labute approximate surface area is 117 Å². The SMILES string of the molecule is CCNC1(C(N)=O)CCCC(N(C)CC2CC2C)C1. The summed E-state index contributed by atoms with van der Waals surface area (Å²) in [6.45, 7) is 6.35. The van der Waals surface area contributed by atoms with Crippen LogP contribution in [-0.4, -0.2) is 42.5 Å². The summed E-state index contributed by atoms with van der Waals surface area (Å²) in [5.41, 5.74) is 5.20. The molecule has 0 saturated heterocycles. The summed E-state index contributed by atoms with van der Waals surface area (Å²) in [6.07, 6.45) is 5.41. The van der Waals surface area contributed by atoms with Gasteiger partial charge in [-0.15, -0.1) is 0 Å². The average Bonchev–Trinajstić information content (AvgIpc) is 3.05. The highest BCUT2D eigenvalue weighted by Crippen LogP contribution is 2.39. The zero-order valence-electron chi connectivity index (χ0n) is 12.6. The Morgan fingerprint density at radius 3 is 2.74 bits per heavy atom. The monoisotopic (exact) mass is 267 g/mol.